The van der Waals surface area contributed by atoms with Crippen LogP contribution in [0.3, 0.4) is 0 Å². The minimum absolute atomic E-state index is 0.00892. The topological polar surface area (TPSA) is 9.72 Å². The van der Waals surface area contributed by atoms with Crippen LogP contribution in [0, 0.1) is 0 Å². The van der Waals surface area contributed by atoms with E-state index in [9.17, 15) is 0 Å². The molecule has 6 aromatic carbocycles. The molecule has 0 saturated heterocycles. The molecule has 348 valence electrons. The van der Waals surface area contributed by atoms with Gasteiger partial charge in [0.15, 0.2) is 0 Å². The standard InChI is InChI=1S/C64H74BN3/c1-58(2,3)42-26-29-51(46(36-42)41-22-15-14-16-23-41)66-53-31-28-44(60(7,8)9)38-50(53)65-49-25-21-24-47-57(49)68(64(13)35-20-17-32-61(47,64)10)55-40-45(39-54(66)56(55)65)67-52-30-27-43(59(4,5)6)37-48(52)62(11)33-18-19-34-63(62,67)12/h14-16,21-31,36-40H,17-20,32-35H2,1-13H3. The molecule has 0 spiro atoms. The molecule has 4 heterocycles. The van der Waals surface area contributed by atoms with Gasteiger partial charge in [-0.05, 0) is 142 Å². The summed E-state index contributed by atoms with van der Waals surface area (Å²) in [5, 5.41) is 0. The molecule has 0 radical (unpaired) electrons. The summed E-state index contributed by atoms with van der Waals surface area (Å²) in [4.78, 5) is 8.54. The molecule has 12 rings (SSSR count). The summed E-state index contributed by atoms with van der Waals surface area (Å²) in [5.41, 5.74) is 23.6. The second kappa shape index (κ2) is 14.2. The van der Waals surface area contributed by atoms with E-state index in [0.29, 0.717) is 0 Å². The summed E-state index contributed by atoms with van der Waals surface area (Å²) in [6.45, 7) is 31.9. The number of benzene rings is 6. The molecule has 68 heavy (non-hydrogen) atoms. The predicted octanol–water partition coefficient (Wildman–Crippen LogP) is 15.3. The fourth-order valence-electron chi connectivity index (χ4n) is 14.8. The van der Waals surface area contributed by atoms with E-state index in [-0.39, 0.29) is 44.9 Å². The molecule has 0 aromatic heterocycles. The van der Waals surface area contributed by atoms with Gasteiger partial charge in [0, 0.05) is 50.5 Å². The van der Waals surface area contributed by atoms with E-state index in [1.807, 2.05) is 0 Å². The molecule has 4 aliphatic heterocycles. The van der Waals surface area contributed by atoms with Crippen LogP contribution >= 0.6 is 0 Å². The summed E-state index contributed by atoms with van der Waals surface area (Å²) in [6, 6.07) is 46.5. The molecule has 2 fully saturated rings. The number of anilines is 7. The second-order valence-electron chi connectivity index (χ2n) is 26.1. The van der Waals surface area contributed by atoms with E-state index in [1.165, 1.54) is 141 Å². The van der Waals surface area contributed by atoms with Crippen molar-refractivity contribution in [3.63, 3.8) is 0 Å². The lowest BCUT2D eigenvalue weighted by molar-refractivity contribution is 0.194. The molecule has 4 unspecified atom stereocenters. The third-order valence-electron chi connectivity index (χ3n) is 19.2. The Morgan fingerprint density at radius 3 is 1.63 bits per heavy atom. The van der Waals surface area contributed by atoms with Gasteiger partial charge in [-0.1, -0.05) is 181 Å². The monoisotopic (exact) mass is 896 g/mol. The van der Waals surface area contributed by atoms with Gasteiger partial charge in [0.25, 0.3) is 6.71 Å². The van der Waals surface area contributed by atoms with Crippen LogP contribution in [0.4, 0.5) is 39.8 Å². The number of para-hydroxylation sites is 1. The van der Waals surface area contributed by atoms with Gasteiger partial charge < -0.3 is 14.7 Å². The number of rotatable bonds is 3. The first-order valence-electron chi connectivity index (χ1n) is 26.3. The Balaban J connectivity index is 1.22. The first kappa shape index (κ1) is 44.0. The highest BCUT2D eigenvalue weighted by atomic mass is 15.3. The van der Waals surface area contributed by atoms with Crippen LogP contribution in [0.15, 0.2) is 115 Å². The van der Waals surface area contributed by atoms with Gasteiger partial charge in [-0.3, -0.25) is 0 Å². The molecule has 3 nitrogen and oxygen atoms in total. The third kappa shape index (κ3) is 5.79. The van der Waals surface area contributed by atoms with Crippen molar-refractivity contribution in [1.82, 2.24) is 0 Å². The Bertz CT molecular complexity index is 3070. The molecule has 6 aromatic rings. The first-order valence-corrected chi connectivity index (χ1v) is 26.3. The predicted molar refractivity (Wildman–Crippen MR) is 293 cm³/mol. The van der Waals surface area contributed by atoms with Crippen LogP contribution < -0.4 is 31.1 Å². The van der Waals surface area contributed by atoms with Gasteiger partial charge in [-0.25, -0.2) is 0 Å². The average Bonchev–Trinajstić information content (AvgIpc) is 3.64. The molecule has 2 saturated carbocycles. The zero-order valence-corrected chi connectivity index (χ0v) is 43.5. The van der Waals surface area contributed by atoms with Gasteiger partial charge in [0.1, 0.15) is 0 Å². The molecular weight excluding hydrogens is 822 g/mol. The van der Waals surface area contributed by atoms with Crippen LogP contribution in [0.5, 0.6) is 0 Å². The minimum atomic E-state index is -0.0982. The van der Waals surface area contributed by atoms with E-state index in [4.69, 9.17) is 0 Å². The second-order valence-corrected chi connectivity index (χ2v) is 26.1. The number of fused-ring (bicyclic) bond motifs is 10. The van der Waals surface area contributed by atoms with E-state index in [1.54, 1.807) is 5.56 Å². The van der Waals surface area contributed by atoms with E-state index < -0.39 is 0 Å². The lowest BCUT2D eigenvalue weighted by Gasteiger charge is -2.54. The summed E-state index contributed by atoms with van der Waals surface area (Å²) >= 11 is 0. The highest BCUT2D eigenvalue weighted by Crippen LogP contribution is 2.65. The van der Waals surface area contributed by atoms with Gasteiger partial charge in [-0.15, -0.1) is 0 Å². The number of hydrogen-bond acceptors (Lipinski definition) is 3. The maximum atomic E-state index is 2.94. The SMILES string of the molecule is CC(C)(C)c1ccc2c(c1)B1c3cccc4c3N(c3cc(N5c6ccc(C(C)(C)C)cc6C6(C)CCCCC56C)cc(c31)N2c1ccc(C(C)(C)C)cc1-c1ccccc1)C1(C)CCCCC41C. The van der Waals surface area contributed by atoms with Gasteiger partial charge >= 0.3 is 0 Å². The molecule has 0 N–H and O–H groups in total. The van der Waals surface area contributed by atoms with Crippen molar-refractivity contribution in [2.24, 2.45) is 0 Å². The third-order valence-corrected chi connectivity index (χ3v) is 19.2. The maximum absolute atomic E-state index is 2.94. The normalized spacial score (nSPS) is 25.7. The van der Waals surface area contributed by atoms with Crippen LogP contribution in [0.25, 0.3) is 11.1 Å². The summed E-state index contributed by atoms with van der Waals surface area (Å²) < 4.78 is 0. The van der Waals surface area contributed by atoms with E-state index in [0.717, 1.165) is 0 Å². The fourth-order valence-corrected chi connectivity index (χ4v) is 14.8. The summed E-state index contributed by atoms with van der Waals surface area (Å²) in [5.74, 6) is 0. The fraction of sp³-hybridized carbons (Fsp3) is 0.438. The van der Waals surface area contributed by atoms with Crippen LogP contribution in [-0.2, 0) is 27.1 Å². The number of nitrogens with zero attached hydrogens (tertiary/aromatic N) is 3. The van der Waals surface area contributed by atoms with Gasteiger partial charge in [0.2, 0.25) is 0 Å². The largest absolute Gasteiger partial charge is 0.335 e. The Morgan fingerprint density at radius 2 is 0.985 bits per heavy atom. The Hall–Kier alpha value is -5.22. The van der Waals surface area contributed by atoms with Crippen molar-refractivity contribution in [2.75, 3.05) is 14.7 Å². The molecule has 6 aliphatic rings. The van der Waals surface area contributed by atoms with Crippen molar-refractivity contribution < 1.29 is 0 Å². The zero-order chi connectivity index (χ0) is 47.7. The Morgan fingerprint density at radius 1 is 0.441 bits per heavy atom. The smallest absolute Gasteiger partial charge is 0.252 e. The Labute approximate surface area is 409 Å². The van der Waals surface area contributed by atoms with Crippen LogP contribution in [-0.4, -0.2) is 17.8 Å². The Kier molecular flexibility index (Phi) is 9.19. The van der Waals surface area contributed by atoms with Gasteiger partial charge in [0.05, 0.1) is 16.8 Å². The van der Waals surface area contributed by atoms with E-state index in [2.05, 4.69) is 220 Å². The minimum Gasteiger partial charge on any atom is -0.335 e. The molecule has 4 heteroatoms. The average molecular weight is 896 g/mol. The van der Waals surface area contributed by atoms with Crippen molar-refractivity contribution in [1.29, 1.82) is 0 Å². The molecule has 4 atom stereocenters. The van der Waals surface area contributed by atoms with Gasteiger partial charge in [-0.2, -0.15) is 0 Å². The van der Waals surface area contributed by atoms with Crippen molar-refractivity contribution in [2.45, 2.75) is 180 Å². The lowest BCUT2D eigenvalue weighted by Crippen LogP contribution is -2.64. The lowest BCUT2D eigenvalue weighted by atomic mass is 9.33. The molecule has 2 aliphatic carbocycles. The first-order chi connectivity index (χ1) is 32.1. The molecule has 0 bridgehead atoms. The molecule has 0 amide bonds. The van der Waals surface area contributed by atoms with Crippen molar-refractivity contribution in [3.8, 4) is 11.1 Å². The van der Waals surface area contributed by atoms with Crippen LogP contribution in [0.1, 0.15) is 169 Å². The van der Waals surface area contributed by atoms with E-state index >= 15 is 0 Å². The zero-order valence-electron chi connectivity index (χ0n) is 43.5. The van der Waals surface area contributed by atoms with Crippen molar-refractivity contribution in [3.05, 3.63) is 143 Å². The summed E-state index contributed by atoms with van der Waals surface area (Å²) in [6.07, 6.45) is 9.82. The highest BCUT2D eigenvalue weighted by Gasteiger charge is 2.62. The van der Waals surface area contributed by atoms with Crippen molar-refractivity contribution >= 4 is 62.9 Å². The number of hydrogen-bond donors (Lipinski definition) is 0. The van der Waals surface area contributed by atoms with Crippen LogP contribution in [0.2, 0.25) is 0 Å². The summed E-state index contributed by atoms with van der Waals surface area (Å²) in [7, 11) is 0. The quantitative estimate of drug-likeness (QED) is 0.164. The maximum Gasteiger partial charge on any atom is 0.252 e. The highest BCUT2D eigenvalue weighted by molar-refractivity contribution is 7.00. The molecular formula is C64H74BN3.